The van der Waals surface area contributed by atoms with Gasteiger partial charge in [-0.2, -0.15) is 0 Å². The fourth-order valence-corrected chi connectivity index (χ4v) is 3.80. The zero-order chi connectivity index (χ0) is 27.3. The Morgan fingerprint density at radius 2 is 1.63 bits per heavy atom. The second-order valence-corrected chi connectivity index (χ2v) is 10.3. The molecule has 10 heteroatoms. The van der Waals surface area contributed by atoms with Gasteiger partial charge in [0.15, 0.2) is 5.75 Å². The van der Waals surface area contributed by atoms with E-state index in [0.29, 0.717) is 65.3 Å². The van der Waals surface area contributed by atoms with Gasteiger partial charge in [-0.25, -0.2) is 4.98 Å². The van der Waals surface area contributed by atoms with Crippen molar-refractivity contribution in [2.24, 2.45) is 11.1 Å². The van der Waals surface area contributed by atoms with E-state index in [1.54, 1.807) is 24.4 Å². The Morgan fingerprint density at radius 3 is 2.26 bits per heavy atom. The van der Waals surface area contributed by atoms with Gasteiger partial charge in [-0.15, -0.1) is 0 Å². The molecule has 2 aromatic carbocycles. The number of oxime groups is 1. The molecular weight excluding hydrogens is 570 g/mol. The fourth-order valence-electron chi connectivity index (χ4n) is 3.09. The molecule has 1 aromatic heterocycles. The number of ether oxygens (including phenoxy) is 3. The van der Waals surface area contributed by atoms with Gasteiger partial charge in [0, 0.05) is 41.9 Å². The van der Waals surface area contributed by atoms with Gasteiger partial charge in [0.25, 0.3) is 0 Å². The maximum atomic E-state index is 6.30. The normalized spacial score (nSPS) is 11.3. The third kappa shape index (κ3) is 9.91. The quantitative estimate of drug-likeness (QED) is 0.106. The minimum atomic E-state index is 0.119. The van der Waals surface area contributed by atoms with Gasteiger partial charge in [-0.05, 0) is 18.1 Å². The van der Waals surface area contributed by atoms with E-state index in [9.17, 15) is 0 Å². The molecule has 1 heterocycles. The molecule has 0 aliphatic carbocycles. The molecule has 6 nitrogen and oxygen atoms in total. The van der Waals surface area contributed by atoms with Crippen LogP contribution in [0.3, 0.4) is 0 Å². The fraction of sp³-hybridized carbons (Fsp3) is 0.286. The van der Waals surface area contributed by atoms with Crippen LogP contribution in [0, 0.1) is 5.92 Å². The van der Waals surface area contributed by atoms with E-state index in [1.807, 2.05) is 36.4 Å². The van der Waals surface area contributed by atoms with Gasteiger partial charge < -0.3 is 19.0 Å². The summed E-state index contributed by atoms with van der Waals surface area (Å²) in [5.41, 5.74) is 2.48. The Hall–Kier alpha value is -2.64. The van der Waals surface area contributed by atoms with Gasteiger partial charge >= 0.3 is 0 Å². The van der Waals surface area contributed by atoms with Crippen molar-refractivity contribution >= 4 is 52.1 Å². The molecule has 0 atom stereocenters. The number of hydrogen-bond acceptors (Lipinski definition) is 6. The number of nitrogens with zero attached hydrogens (tertiary/aromatic N) is 2. The lowest BCUT2D eigenvalue weighted by Crippen LogP contribution is -2.08. The van der Waals surface area contributed by atoms with Crippen molar-refractivity contribution in [2.45, 2.75) is 20.3 Å². The van der Waals surface area contributed by atoms with Crippen molar-refractivity contribution in [1.29, 1.82) is 0 Å². The van der Waals surface area contributed by atoms with Crippen LogP contribution in [-0.2, 0) is 4.84 Å². The van der Waals surface area contributed by atoms with Crippen molar-refractivity contribution in [1.82, 2.24) is 4.98 Å². The first-order valence-electron chi connectivity index (χ1n) is 11.9. The summed E-state index contributed by atoms with van der Waals surface area (Å²) in [6, 6.07) is 16.8. The first-order chi connectivity index (χ1) is 18.3. The lowest BCUT2D eigenvalue weighted by Gasteiger charge is -2.12. The van der Waals surface area contributed by atoms with Crippen molar-refractivity contribution in [3.8, 4) is 17.4 Å². The average Bonchev–Trinajstić information content (AvgIpc) is 2.88. The second-order valence-electron chi connectivity index (χ2n) is 8.45. The zero-order valence-electron chi connectivity index (χ0n) is 21.0. The monoisotopic (exact) mass is 596 g/mol. The third-order valence-corrected chi connectivity index (χ3v) is 5.74. The molecule has 0 spiro atoms. The molecular formula is C28H28Cl4N2O4. The molecule has 0 N–H and O–H groups in total. The van der Waals surface area contributed by atoms with Crippen LogP contribution < -0.4 is 14.2 Å². The molecule has 3 aromatic rings. The molecule has 0 saturated carbocycles. The van der Waals surface area contributed by atoms with Crippen molar-refractivity contribution in [2.75, 3.05) is 26.4 Å². The summed E-state index contributed by atoms with van der Waals surface area (Å²) >= 11 is 23.7. The minimum Gasteiger partial charge on any atom is -0.490 e. The highest BCUT2D eigenvalue weighted by Gasteiger charge is 2.12. The highest BCUT2D eigenvalue weighted by molar-refractivity contribution is 6.55. The van der Waals surface area contributed by atoms with Gasteiger partial charge in [-0.3, -0.25) is 0 Å². The molecule has 0 bridgehead atoms. The molecule has 0 radical (unpaired) electrons. The van der Waals surface area contributed by atoms with E-state index < -0.39 is 0 Å². The Morgan fingerprint density at radius 1 is 0.921 bits per heavy atom. The van der Waals surface area contributed by atoms with Crippen LogP contribution >= 0.6 is 46.4 Å². The van der Waals surface area contributed by atoms with Crippen molar-refractivity contribution < 1.29 is 19.0 Å². The second kappa shape index (κ2) is 15.7. The predicted molar refractivity (Wildman–Crippen MR) is 154 cm³/mol. The maximum absolute atomic E-state index is 6.30. The summed E-state index contributed by atoms with van der Waals surface area (Å²) in [6.07, 6.45) is 3.82. The van der Waals surface area contributed by atoms with Gasteiger partial charge in [0.05, 0.1) is 23.3 Å². The van der Waals surface area contributed by atoms with E-state index in [4.69, 9.17) is 65.5 Å². The SMILES string of the molecule is CC(C)CON=C(c1ccccc1)c1ccc(OCCCOc2c(Cl)cc(OCC=C(Cl)Cl)cc2Cl)nc1. The molecule has 0 amide bonds. The molecule has 0 saturated heterocycles. The zero-order valence-corrected chi connectivity index (χ0v) is 24.0. The first-order valence-corrected chi connectivity index (χ1v) is 13.4. The predicted octanol–water partition coefficient (Wildman–Crippen LogP) is 8.36. The first kappa shape index (κ1) is 29.9. The third-order valence-electron chi connectivity index (χ3n) is 4.87. The number of benzene rings is 2. The van der Waals surface area contributed by atoms with Crippen LogP contribution in [0.2, 0.25) is 10.0 Å². The smallest absolute Gasteiger partial charge is 0.213 e. The topological polar surface area (TPSA) is 62.2 Å². The highest BCUT2D eigenvalue weighted by Crippen LogP contribution is 2.37. The average molecular weight is 598 g/mol. The Labute approximate surface area is 243 Å². The lowest BCUT2D eigenvalue weighted by atomic mass is 10.0. The molecule has 202 valence electrons. The molecule has 0 aliphatic heterocycles. The summed E-state index contributed by atoms with van der Waals surface area (Å²) in [6.45, 7) is 5.61. The molecule has 0 fully saturated rings. The highest BCUT2D eigenvalue weighted by atomic mass is 35.5. The van der Waals surface area contributed by atoms with Gasteiger partial charge in [0.2, 0.25) is 5.88 Å². The van der Waals surface area contributed by atoms with Crippen LogP contribution in [0.15, 0.2) is 76.5 Å². The van der Waals surface area contributed by atoms with Crippen LogP contribution in [-0.4, -0.2) is 37.1 Å². The largest absolute Gasteiger partial charge is 0.490 e. The summed E-state index contributed by atoms with van der Waals surface area (Å²) < 4.78 is 17.1. The summed E-state index contributed by atoms with van der Waals surface area (Å²) in [5.74, 6) is 1.72. The van der Waals surface area contributed by atoms with Crippen LogP contribution in [0.25, 0.3) is 0 Å². The summed E-state index contributed by atoms with van der Waals surface area (Å²) in [5, 5.41) is 5.03. The van der Waals surface area contributed by atoms with Crippen molar-refractivity contribution in [3.63, 3.8) is 0 Å². The van der Waals surface area contributed by atoms with Crippen LogP contribution in [0.5, 0.6) is 17.4 Å². The molecule has 0 unspecified atom stereocenters. The Kier molecular flexibility index (Phi) is 12.4. The van der Waals surface area contributed by atoms with Crippen LogP contribution in [0.4, 0.5) is 0 Å². The minimum absolute atomic E-state index is 0.119. The van der Waals surface area contributed by atoms with Gasteiger partial charge in [0.1, 0.15) is 29.2 Å². The Balaban J connectivity index is 1.51. The standard InChI is InChI=1S/C28H28Cl4N2O4/c1-19(2)18-38-34-27(20-7-4-3-5-8-20)21-9-10-26(33-17-21)36-12-6-13-37-28-23(29)15-22(16-24(28)30)35-14-11-25(31)32/h3-5,7-11,15-17,19H,6,12-14,18H2,1-2H3. The van der Waals surface area contributed by atoms with E-state index in [0.717, 1.165) is 11.1 Å². The molecule has 38 heavy (non-hydrogen) atoms. The van der Waals surface area contributed by atoms with Crippen molar-refractivity contribution in [3.05, 3.63) is 92.5 Å². The van der Waals surface area contributed by atoms with E-state index in [2.05, 4.69) is 24.0 Å². The molecule has 3 rings (SSSR count). The lowest BCUT2D eigenvalue weighted by molar-refractivity contribution is 0.118. The van der Waals surface area contributed by atoms with E-state index in [1.165, 1.54) is 6.08 Å². The Bertz CT molecular complexity index is 1190. The number of halogens is 4. The van der Waals surface area contributed by atoms with E-state index in [-0.39, 0.29) is 11.1 Å². The van der Waals surface area contributed by atoms with Gasteiger partial charge in [-0.1, -0.05) is 95.7 Å². The maximum Gasteiger partial charge on any atom is 0.213 e. The summed E-state index contributed by atoms with van der Waals surface area (Å²) in [7, 11) is 0. The number of pyridine rings is 1. The number of rotatable bonds is 14. The van der Waals surface area contributed by atoms with E-state index >= 15 is 0 Å². The van der Waals surface area contributed by atoms with Crippen LogP contribution in [0.1, 0.15) is 31.4 Å². The number of aromatic nitrogens is 1. The molecule has 0 aliphatic rings. The number of hydrogen-bond donors (Lipinski definition) is 0. The summed E-state index contributed by atoms with van der Waals surface area (Å²) in [4.78, 5) is 9.97.